The van der Waals surface area contributed by atoms with Crippen molar-refractivity contribution >= 4 is 5.91 Å². The molecule has 0 aliphatic carbocycles. The molecule has 0 fully saturated rings. The summed E-state index contributed by atoms with van der Waals surface area (Å²) in [5.74, 6) is -0.290. The summed E-state index contributed by atoms with van der Waals surface area (Å²) in [6, 6.07) is 10.4. The lowest BCUT2D eigenvalue weighted by Crippen LogP contribution is -2.31. The van der Waals surface area contributed by atoms with E-state index in [0.717, 1.165) is 0 Å². The molecule has 0 unspecified atom stereocenters. The fraction of sp³-hybridized carbons (Fsp3) is 0.154. The zero-order valence-electron chi connectivity index (χ0n) is 11.4. The van der Waals surface area contributed by atoms with Crippen LogP contribution in [-0.4, -0.2) is 37.4 Å². The number of para-hydroxylation sites is 1. The topological polar surface area (TPSA) is 108 Å². The normalized spacial score (nSPS) is 10.5. The van der Waals surface area contributed by atoms with Gasteiger partial charge in [0.1, 0.15) is 0 Å². The van der Waals surface area contributed by atoms with Gasteiger partial charge in [-0.3, -0.25) is 4.79 Å². The average molecular weight is 300 g/mol. The highest BCUT2D eigenvalue weighted by molar-refractivity contribution is 5.91. The van der Waals surface area contributed by atoms with Gasteiger partial charge in [0.05, 0.1) is 18.4 Å². The molecule has 22 heavy (non-hydrogen) atoms. The van der Waals surface area contributed by atoms with E-state index in [0.29, 0.717) is 5.69 Å². The lowest BCUT2D eigenvalue weighted by Gasteiger charge is -2.01. The number of rotatable bonds is 5. The molecule has 3 rings (SSSR count). The van der Waals surface area contributed by atoms with E-state index in [-0.39, 0.29) is 24.5 Å². The molecule has 0 spiro atoms. The van der Waals surface area contributed by atoms with Crippen LogP contribution in [-0.2, 0) is 6.54 Å². The van der Waals surface area contributed by atoms with Crippen molar-refractivity contribution in [3.63, 3.8) is 0 Å². The lowest BCUT2D eigenvalue weighted by atomic mass is 10.3. The summed E-state index contributed by atoms with van der Waals surface area (Å²) in [7, 11) is 0. The first-order chi connectivity index (χ1) is 10.8. The van der Waals surface area contributed by atoms with Crippen molar-refractivity contribution in [1.82, 2.24) is 30.3 Å². The summed E-state index contributed by atoms with van der Waals surface area (Å²) >= 11 is 0. The van der Waals surface area contributed by atoms with Crippen molar-refractivity contribution in [2.24, 2.45) is 0 Å². The molecule has 112 valence electrons. The molecule has 0 atom stereocenters. The highest BCUT2D eigenvalue weighted by Gasteiger charge is 2.11. The molecule has 0 bridgehead atoms. The molecule has 1 N–H and O–H groups in total. The van der Waals surface area contributed by atoms with E-state index in [1.165, 1.54) is 21.6 Å². The summed E-state index contributed by atoms with van der Waals surface area (Å²) < 4.78 is 7.09. The zero-order chi connectivity index (χ0) is 15.4. The van der Waals surface area contributed by atoms with Gasteiger partial charge in [-0.2, -0.15) is 9.36 Å². The Morgan fingerprint density at radius 3 is 2.73 bits per heavy atom. The monoisotopic (exact) mass is 300 g/mol. The second-order valence-electron chi connectivity index (χ2n) is 4.36. The Kier molecular flexibility index (Phi) is 3.77. The second-order valence-corrected chi connectivity index (χ2v) is 4.36. The number of tetrazole rings is 1. The van der Waals surface area contributed by atoms with Crippen molar-refractivity contribution in [1.29, 1.82) is 0 Å². The number of carbonyl (C=O) groups is 1. The van der Waals surface area contributed by atoms with Gasteiger partial charge in [-0.25, -0.2) is 4.79 Å². The minimum Gasteiger partial charge on any atom is -0.351 e. The Morgan fingerprint density at radius 2 is 2.00 bits per heavy atom. The lowest BCUT2D eigenvalue weighted by molar-refractivity contribution is 0.0915. The molecule has 0 saturated heterocycles. The maximum absolute atomic E-state index is 12.1. The zero-order valence-corrected chi connectivity index (χ0v) is 11.4. The Balaban J connectivity index is 1.64. The van der Waals surface area contributed by atoms with Gasteiger partial charge in [-0.15, -0.1) is 0 Å². The smallest absolute Gasteiger partial charge is 0.351 e. The molecule has 0 saturated carbocycles. The minimum atomic E-state index is -0.402. The van der Waals surface area contributed by atoms with E-state index in [4.69, 9.17) is 4.52 Å². The Hall–Kier alpha value is -3.23. The summed E-state index contributed by atoms with van der Waals surface area (Å²) in [4.78, 5) is 23.8. The van der Waals surface area contributed by atoms with Crippen LogP contribution in [0.4, 0.5) is 0 Å². The molecular formula is C13H12N6O3. The number of hydrogen-bond donors (Lipinski definition) is 1. The fourth-order valence-corrected chi connectivity index (χ4v) is 1.84. The van der Waals surface area contributed by atoms with Crippen LogP contribution in [0.1, 0.15) is 10.6 Å². The van der Waals surface area contributed by atoms with E-state index in [2.05, 4.69) is 20.9 Å². The van der Waals surface area contributed by atoms with E-state index in [9.17, 15) is 9.59 Å². The largest absolute Gasteiger partial charge is 0.368 e. The van der Waals surface area contributed by atoms with Crippen LogP contribution >= 0.6 is 0 Å². The number of benzene rings is 1. The van der Waals surface area contributed by atoms with Crippen LogP contribution in [0.5, 0.6) is 0 Å². The number of nitrogens with one attached hydrogen (secondary N) is 1. The molecule has 1 amide bonds. The number of amides is 1. The standard InChI is InChI=1S/C13H12N6O3/c20-12(11-6-7-15-22-11)14-8-9-18-13(21)19(17-16-18)10-4-2-1-3-5-10/h1-7H,8-9H2,(H,14,20). The summed E-state index contributed by atoms with van der Waals surface area (Å²) in [5, 5.41) is 13.6. The quantitative estimate of drug-likeness (QED) is 0.702. The first kappa shape index (κ1) is 13.7. The third-order valence-electron chi connectivity index (χ3n) is 2.91. The average Bonchev–Trinajstić information content (AvgIpc) is 3.19. The maximum Gasteiger partial charge on any atom is 0.368 e. The predicted molar refractivity (Wildman–Crippen MR) is 74.5 cm³/mol. The van der Waals surface area contributed by atoms with E-state index < -0.39 is 5.91 Å². The van der Waals surface area contributed by atoms with E-state index in [1.807, 2.05) is 6.07 Å². The van der Waals surface area contributed by atoms with Crippen LogP contribution in [0.2, 0.25) is 0 Å². The SMILES string of the molecule is O=C(NCCn1nnn(-c2ccccc2)c1=O)c1ccno1. The predicted octanol–water partition coefficient (Wildman–Crippen LogP) is -0.153. The molecule has 0 radical (unpaired) electrons. The second kappa shape index (κ2) is 6.04. The molecule has 9 nitrogen and oxygen atoms in total. The Labute approximate surface area is 124 Å². The Bertz CT molecular complexity index is 806. The number of aromatic nitrogens is 5. The highest BCUT2D eigenvalue weighted by Crippen LogP contribution is 2.00. The summed E-state index contributed by atoms with van der Waals surface area (Å²) in [6.07, 6.45) is 1.38. The molecule has 3 aromatic rings. The van der Waals surface area contributed by atoms with Gasteiger partial charge in [-0.1, -0.05) is 23.4 Å². The van der Waals surface area contributed by atoms with Gasteiger partial charge >= 0.3 is 5.69 Å². The van der Waals surface area contributed by atoms with Crippen molar-refractivity contribution < 1.29 is 9.32 Å². The Morgan fingerprint density at radius 1 is 1.18 bits per heavy atom. The fourth-order valence-electron chi connectivity index (χ4n) is 1.84. The molecule has 2 aromatic heterocycles. The van der Waals surface area contributed by atoms with Crippen LogP contribution in [0.3, 0.4) is 0 Å². The van der Waals surface area contributed by atoms with Crippen LogP contribution in [0, 0.1) is 0 Å². The minimum absolute atomic E-state index is 0.111. The van der Waals surface area contributed by atoms with Crippen molar-refractivity contribution in [2.75, 3.05) is 6.54 Å². The molecule has 0 aliphatic heterocycles. The van der Waals surface area contributed by atoms with Crippen LogP contribution in [0.15, 0.2) is 51.9 Å². The molecule has 2 heterocycles. The summed E-state index contributed by atoms with van der Waals surface area (Å²) in [6.45, 7) is 0.415. The van der Waals surface area contributed by atoms with Crippen molar-refractivity contribution in [3.8, 4) is 5.69 Å². The maximum atomic E-state index is 12.1. The molecule has 0 aliphatic rings. The van der Waals surface area contributed by atoms with Crippen molar-refractivity contribution in [3.05, 3.63) is 58.8 Å². The summed E-state index contributed by atoms with van der Waals surface area (Å²) in [5.41, 5.74) is 0.254. The van der Waals surface area contributed by atoms with Gasteiger partial charge in [0.2, 0.25) is 5.76 Å². The van der Waals surface area contributed by atoms with Gasteiger partial charge in [0, 0.05) is 12.6 Å². The van der Waals surface area contributed by atoms with Gasteiger partial charge in [0.25, 0.3) is 5.91 Å². The van der Waals surface area contributed by atoms with Crippen molar-refractivity contribution in [2.45, 2.75) is 6.54 Å². The molecular weight excluding hydrogens is 288 g/mol. The number of nitrogens with zero attached hydrogens (tertiary/aromatic N) is 5. The van der Waals surface area contributed by atoms with Gasteiger partial charge in [0.15, 0.2) is 0 Å². The number of carbonyl (C=O) groups excluding carboxylic acids is 1. The first-order valence-electron chi connectivity index (χ1n) is 6.53. The van der Waals surface area contributed by atoms with Gasteiger partial charge in [-0.05, 0) is 22.6 Å². The van der Waals surface area contributed by atoms with E-state index in [1.54, 1.807) is 24.3 Å². The molecule has 1 aromatic carbocycles. The number of hydrogen-bond acceptors (Lipinski definition) is 6. The third kappa shape index (κ3) is 2.77. The first-order valence-corrected chi connectivity index (χ1v) is 6.53. The van der Waals surface area contributed by atoms with E-state index >= 15 is 0 Å². The highest BCUT2D eigenvalue weighted by atomic mass is 16.5. The van der Waals surface area contributed by atoms with Crippen LogP contribution in [0.25, 0.3) is 5.69 Å². The van der Waals surface area contributed by atoms with Gasteiger partial charge < -0.3 is 9.84 Å². The third-order valence-corrected chi connectivity index (χ3v) is 2.91. The van der Waals surface area contributed by atoms with Crippen LogP contribution < -0.4 is 11.0 Å². The molecule has 9 heteroatoms.